The molecule has 0 fully saturated rings. The number of hydrogen-bond donors (Lipinski definition) is 2. The molecule has 0 radical (unpaired) electrons. The summed E-state index contributed by atoms with van der Waals surface area (Å²) in [6, 6.07) is 3.79. The number of aliphatic hydroxyl groups is 1. The molecule has 0 aliphatic heterocycles. The molecule has 9 heteroatoms. The summed E-state index contributed by atoms with van der Waals surface area (Å²) in [7, 11) is 5.50. The molecule has 1 atom stereocenters. The fourth-order valence-electron chi connectivity index (χ4n) is 3.93. The topological polar surface area (TPSA) is 103 Å². The lowest BCUT2D eigenvalue weighted by Gasteiger charge is -2.20. The highest BCUT2D eigenvalue weighted by Crippen LogP contribution is 2.51. The number of aliphatic hydroxyl groups excluding tert-OH is 1. The summed E-state index contributed by atoms with van der Waals surface area (Å²) in [5.41, 5.74) is 1.20. The zero-order valence-corrected chi connectivity index (χ0v) is 17.7. The van der Waals surface area contributed by atoms with Crippen molar-refractivity contribution in [2.45, 2.75) is 18.9 Å². The SMILES string of the molecule is COc1c(F)c2c(c(OC)c1OC)-c1ccc(OC)c(=O)cc1[C@@H](NC(=O)CO)CC2. The molecule has 2 aromatic carbocycles. The molecule has 0 aromatic heterocycles. The summed E-state index contributed by atoms with van der Waals surface area (Å²) in [6.45, 7) is -0.718. The number of amides is 1. The number of halogens is 1. The molecule has 1 amide bonds. The highest BCUT2D eigenvalue weighted by molar-refractivity contribution is 5.84. The predicted molar refractivity (Wildman–Crippen MR) is 111 cm³/mol. The molecular formula is C22H24FNO7. The van der Waals surface area contributed by atoms with Crippen molar-refractivity contribution < 1.29 is 33.2 Å². The average molecular weight is 433 g/mol. The first kappa shape index (κ1) is 22.4. The number of nitrogens with one attached hydrogen (secondary N) is 1. The third kappa shape index (κ3) is 3.88. The van der Waals surface area contributed by atoms with Gasteiger partial charge in [0, 0.05) is 11.1 Å². The Hall–Kier alpha value is -3.33. The molecule has 0 bridgehead atoms. The molecule has 2 aromatic rings. The van der Waals surface area contributed by atoms with E-state index in [0.717, 1.165) is 0 Å². The molecule has 1 aliphatic rings. The largest absolute Gasteiger partial charge is 0.493 e. The molecule has 0 saturated heterocycles. The van der Waals surface area contributed by atoms with Crippen molar-refractivity contribution >= 4 is 5.91 Å². The van der Waals surface area contributed by atoms with Crippen LogP contribution in [-0.4, -0.2) is 46.1 Å². The lowest BCUT2D eigenvalue weighted by molar-refractivity contribution is -0.124. The first-order chi connectivity index (χ1) is 14.9. The van der Waals surface area contributed by atoms with E-state index in [-0.39, 0.29) is 35.8 Å². The van der Waals surface area contributed by atoms with E-state index < -0.39 is 29.8 Å². The number of ether oxygens (including phenoxy) is 4. The molecule has 3 rings (SSSR count). The monoisotopic (exact) mass is 433 g/mol. The maximum atomic E-state index is 15.5. The molecule has 31 heavy (non-hydrogen) atoms. The Morgan fingerprint density at radius 1 is 1.10 bits per heavy atom. The fraction of sp³-hybridized carbons (Fsp3) is 0.364. The third-order valence-corrected chi connectivity index (χ3v) is 5.29. The van der Waals surface area contributed by atoms with Crippen LogP contribution in [0, 0.1) is 5.82 Å². The molecule has 2 N–H and O–H groups in total. The maximum absolute atomic E-state index is 15.5. The van der Waals surface area contributed by atoms with Crippen molar-refractivity contribution in [3.63, 3.8) is 0 Å². The second-order valence-corrected chi connectivity index (χ2v) is 6.86. The average Bonchev–Trinajstić information content (AvgIpc) is 3.02. The number of hydrogen-bond acceptors (Lipinski definition) is 7. The van der Waals surface area contributed by atoms with Crippen molar-refractivity contribution in [1.82, 2.24) is 5.32 Å². The number of rotatable bonds is 6. The fourth-order valence-corrected chi connectivity index (χ4v) is 3.93. The number of methoxy groups -OCH3 is 4. The van der Waals surface area contributed by atoms with Crippen LogP contribution in [0.5, 0.6) is 23.0 Å². The van der Waals surface area contributed by atoms with Gasteiger partial charge in [0.1, 0.15) is 6.61 Å². The van der Waals surface area contributed by atoms with Gasteiger partial charge >= 0.3 is 0 Å². The Labute approximate surface area is 178 Å². The number of carbonyl (C=O) groups is 1. The Morgan fingerprint density at radius 2 is 1.77 bits per heavy atom. The van der Waals surface area contributed by atoms with E-state index >= 15 is 4.39 Å². The van der Waals surface area contributed by atoms with Crippen molar-refractivity contribution in [1.29, 1.82) is 0 Å². The van der Waals surface area contributed by atoms with Crippen LogP contribution in [0.15, 0.2) is 23.0 Å². The van der Waals surface area contributed by atoms with Crippen molar-refractivity contribution in [3.05, 3.63) is 45.4 Å². The number of carbonyl (C=O) groups excluding carboxylic acids is 1. The molecule has 0 spiro atoms. The number of benzene rings is 1. The summed E-state index contributed by atoms with van der Waals surface area (Å²) in [5.74, 6) is -0.928. The van der Waals surface area contributed by atoms with E-state index in [1.165, 1.54) is 40.6 Å². The van der Waals surface area contributed by atoms with Crippen molar-refractivity contribution in [2.24, 2.45) is 0 Å². The van der Waals surface area contributed by atoms with Gasteiger partial charge in [-0.25, -0.2) is 4.39 Å². The second-order valence-electron chi connectivity index (χ2n) is 6.86. The third-order valence-electron chi connectivity index (χ3n) is 5.29. The van der Waals surface area contributed by atoms with E-state index in [1.54, 1.807) is 6.07 Å². The molecule has 0 unspecified atom stereocenters. The Bertz CT molecular complexity index is 1070. The van der Waals surface area contributed by atoms with Gasteiger partial charge in [-0.15, -0.1) is 0 Å². The minimum Gasteiger partial charge on any atom is -0.493 e. The minimum absolute atomic E-state index is 0.0749. The van der Waals surface area contributed by atoms with Gasteiger partial charge in [0.25, 0.3) is 0 Å². The van der Waals surface area contributed by atoms with E-state index in [9.17, 15) is 14.7 Å². The summed E-state index contributed by atoms with van der Waals surface area (Å²) in [5, 5.41) is 11.9. The highest BCUT2D eigenvalue weighted by Gasteiger charge is 2.33. The van der Waals surface area contributed by atoms with E-state index in [4.69, 9.17) is 18.9 Å². The van der Waals surface area contributed by atoms with Crippen LogP contribution in [0.2, 0.25) is 0 Å². The zero-order chi connectivity index (χ0) is 22.7. The van der Waals surface area contributed by atoms with E-state index in [2.05, 4.69) is 5.32 Å². The lowest BCUT2D eigenvalue weighted by atomic mass is 9.95. The highest BCUT2D eigenvalue weighted by atomic mass is 19.1. The summed E-state index contributed by atoms with van der Waals surface area (Å²) in [6.07, 6.45) is 0.477. The van der Waals surface area contributed by atoms with Crippen molar-refractivity contribution in [2.75, 3.05) is 35.0 Å². The van der Waals surface area contributed by atoms with Gasteiger partial charge in [-0.1, -0.05) is 6.07 Å². The van der Waals surface area contributed by atoms with Crippen LogP contribution in [0.1, 0.15) is 23.6 Å². The van der Waals surface area contributed by atoms with Gasteiger partial charge in [-0.05, 0) is 36.1 Å². The summed E-state index contributed by atoms with van der Waals surface area (Å²) < 4.78 is 36.9. The zero-order valence-electron chi connectivity index (χ0n) is 17.7. The van der Waals surface area contributed by atoms with Gasteiger partial charge in [0.05, 0.1) is 34.5 Å². The summed E-state index contributed by atoms with van der Waals surface area (Å²) >= 11 is 0. The smallest absolute Gasteiger partial charge is 0.246 e. The predicted octanol–water partition coefficient (Wildman–Crippen LogP) is 1.98. The van der Waals surface area contributed by atoms with Gasteiger partial charge in [-0.3, -0.25) is 9.59 Å². The van der Waals surface area contributed by atoms with Gasteiger partial charge < -0.3 is 29.4 Å². The molecule has 8 nitrogen and oxygen atoms in total. The van der Waals surface area contributed by atoms with Crippen LogP contribution >= 0.6 is 0 Å². The standard InChI is InChI=1S/C22H24FNO7/c1-28-16-8-6-11-13(9-15(16)26)14(24-17(27)10-25)7-5-12-18(11)20(29-2)22(31-4)21(30-3)19(12)23/h6,8-9,14,25H,5,7,10H2,1-4H3,(H,24,27)/t14-/m0/s1. The maximum Gasteiger partial charge on any atom is 0.246 e. The molecular weight excluding hydrogens is 409 g/mol. The normalized spacial score (nSPS) is 14.6. The van der Waals surface area contributed by atoms with Crippen LogP contribution in [0.3, 0.4) is 0 Å². The van der Waals surface area contributed by atoms with Crippen LogP contribution in [0.25, 0.3) is 11.1 Å². The Kier molecular flexibility index (Phi) is 6.65. The van der Waals surface area contributed by atoms with E-state index in [1.807, 2.05) is 0 Å². The molecule has 166 valence electrons. The first-order valence-electron chi connectivity index (χ1n) is 9.54. The summed E-state index contributed by atoms with van der Waals surface area (Å²) in [4.78, 5) is 24.6. The van der Waals surface area contributed by atoms with Crippen molar-refractivity contribution in [3.8, 4) is 34.1 Å². The van der Waals surface area contributed by atoms with Crippen LogP contribution in [0.4, 0.5) is 4.39 Å². The molecule has 0 heterocycles. The van der Waals surface area contributed by atoms with E-state index in [0.29, 0.717) is 22.3 Å². The van der Waals surface area contributed by atoms with Gasteiger partial charge in [-0.2, -0.15) is 0 Å². The van der Waals surface area contributed by atoms with Gasteiger partial charge in [0.15, 0.2) is 17.3 Å². The second kappa shape index (κ2) is 9.22. The van der Waals surface area contributed by atoms with Gasteiger partial charge in [0.2, 0.25) is 22.8 Å². The molecule has 0 saturated carbocycles. The minimum atomic E-state index is -0.718. The van der Waals surface area contributed by atoms with Crippen LogP contribution < -0.4 is 29.7 Å². The Balaban J connectivity index is 2.44. The van der Waals surface area contributed by atoms with Crippen LogP contribution in [-0.2, 0) is 11.2 Å². The lowest BCUT2D eigenvalue weighted by Crippen LogP contribution is -2.31. The first-order valence-corrected chi connectivity index (χ1v) is 9.54. The quantitative estimate of drug-likeness (QED) is 0.718. The molecule has 1 aliphatic carbocycles. The number of fused-ring (bicyclic) bond motifs is 3. The Morgan fingerprint density at radius 3 is 2.35 bits per heavy atom.